The average molecular weight is 221 g/mol. The van der Waals surface area contributed by atoms with Gasteiger partial charge in [-0.05, 0) is 24.1 Å². The Morgan fingerprint density at radius 2 is 2.44 bits per heavy atom. The van der Waals surface area contributed by atoms with Crippen molar-refractivity contribution >= 4 is 6.29 Å². The predicted molar refractivity (Wildman–Crippen MR) is 59.8 cm³/mol. The van der Waals surface area contributed by atoms with Gasteiger partial charge in [0.25, 0.3) is 0 Å². The van der Waals surface area contributed by atoms with E-state index in [0.29, 0.717) is 11.8 Å². The molecule has 0 bridgehead atoms. The number of aromatic hydroxyl groups is 1. The lowest BCUT2D eigenvalue weighted by Gasteiger charge is -2.23. The summed E-state index contributed by atoms with van der Waals surface area (Å²) in [4.78, 5) is 10.7. The van der Waals surface area contributed by atoms with Crippen molar-refractivity contribution in [2.75, 3.05) is 19.7 Å². The van der Waals surface area contributed by atoms with Gasteiger partial charge in [-0.15, -0.1) is 0 Å². The molecule has 0 spiro atoms. The van der Waals surface area contributed by atoms with Crippen LogP contribution in [0.3, 0.4) is 0 Å². The Kier molecular flexibility index (Phi) is 3.54. The first kappa shape index (κ1) is 11.1. The SMILES string of the molecule is O=Cc1cc(C[C@@H]2CNCCO2)ccc1O. The molecule has 0 aromatic heterocycles. The summed E-state index contributed by atoms with van der Waals surface area (Å²) in [6, 6.07) is 5.08. The molecule has 0 radical (unpaired) electrons. The van der Waals surface area contributed by atoms with Crippen LogP contribution in [0.5, 0.6) is 5.75 Å². The van der Waals surface area contributed by atoms with E-state index in [1.54, 1.807) is 12.1 Å². The molecule has 0 amide bonds. The van der Waals surface area contributed by atoms with Crippen molar-refractivity contribution < 1.29 is 14.6 Å². The van der Waals surface area contributed by atoms with Crippen LogP contribution in [0.1, 0.15) is 15.9 Å². The largest absolute Gasteiger partial charge is 0.507 e. The van der Waals surface area contributed by atoms with E-state index < -0.39 is 0 Å². The standard InChI is InChI=1S/C12H15NO3/c14-8-10-5-9(1-2-12(10)15)6-11-7-13-3-4-16-11/h1-2,5,8,11,13,15H,3-4,6-7H2/t11-/m1/s1. The molecule has 1 aromatic carbocycles. The third kappa shape index (κ3) is 2.59. The van der Waals surface area contributed by atoms with Crippen molar-refractivity contribution in [1.82, 2.24) is 5.32 Å². The summed E-state index contributed by atoms with van der Waals surface area (Å²) in [7, 11) is 0. The Hall–Kier alpha value is -1.39. The molecule has 1 saturated heterocycles. The van der Waals surface area contributed by atoms with Gasteiger partial charge in [0, 0.05) is 13.1 Å². The van der Waals surface area contributed by atoms with E-state index in [0.717, 1.165) is 31.7 Å². The van der Waals surface area contributed by atoms with Crippen molar-refractivity contribution in [1.29, 1.82) is 0 Å². The van der Waals surface area contributed by atoms with E-state index in [2.05, 4.69) is 5.32 Å². The van der Waals surface area contributed by atoms with E-state index in [-0.39, 0.29) is 11.9 Å². The number of benzene rings is 1. The predicted octanol–water partition coefficient (Wildman–Crippen LogP) is 0.736. The van der Waals surface area contributed by atoms with Gasteiger partial charge in [0.15, 0.2) is 6.29 Å². The molecule has 1 aliphatic heterocycles. The van der Waals surface area contributed by atoms with Crippen molar-refractivity contribution in [3.05, 3.63) is 29.3 Å². The Labute approximate surface area is 94.2 Å². The summed E-state index contributed by atoms with van der Waals surface area (Å²) < 4.78 is 5.57. The molecule has 1 heterocycles. The Morgan fingerprint density at radius 1 is 1.56 bits per heavy atom. The monoisotopic (exact) mass is 221 g/mol. The smallest absolute Gasteiger partial charge is 0.153 e. The molecule has 4 nitrogen and oxygen atoms in total. The van der Waals surface area contributed by atoms with Gasteiger partial charge in [-0.2, -0.15) is 0 Å². The fourth-order valence-electron chi connectivity index (χ4n) is 1.84. The summed E-state index contributed by atoms with van der Waals surface area (Å²) in [6.07, 6.45) is 1.57. The van der Waals surface area contributed by atoms with Crippen LogP contribution in [0.25, 0.3) is 0 Å². The summed E-state index contributed by atoms with van der Waals surface area (Å²) in [5.41, 5.74) is 1.34. The highest BCUT2D eigenvalue weighted by Gasteiger charge is 2.14. The molecule has 86 valence electrons. The quantitative estimate of drug-likeness (QED) is 0.739. The number of nitrogens with one attached hydrogen (secondary N) is 1. The summed E-state index contributed by atoms with van der Waals surface area (Å²) in [5, 5.41) is 12.6. The number of rotatable bonds is 3. The molecule has 0 unspecified atom stereocenters. The van der Waals surface area contributed by atoms with Crippen LogP contribution in [0.15, 0.2) is 18.2 Å². The zero-order chi connectivity index (χ0) is 11.4. The van der Waals surface area contributed by atoms with Crippen LogP contribution < -0.4 is 5.32 Å². The maximum absolute atomic E-state index is 10.7. The third-order valence-electron chi connectivity index (χ3n) is 2.69. The molecule has 0 saturated carbocycles. The lowest BCUT2D eigenvalue weighted by molar-refractivity contribution is 0.0292. The van der Waals surface area contributed by atoms with Gasteiger partial charge < -0.3 is 15.2 Å². The van der Waals surface area contributed by atoms with Crippen LogP contribution in [-0.2, 0) is 11.2 Å². The number of phenolic OH excluding ortho intramolecular Hbond substituents is 1. The normalized spacial score (nSPS) is 20.6. The summed E-state index contributed by atoms with van der Waals surface area (Å²) >= 11 is 0. The summed E-state index contributed by atoms with van der Waals surface area (Å²) in [5.74, 6) is 0.0291. The minimum absolute atomic E-state index is 0.0291. The van der Waals surface area contributed by atoms with Crippen molar-refractivity contribution in [3.63, 3.8) is 0 Å². The van der Waals surface area contributed by atoms with E-state index in [4.69, 9.17) is 4.74 Å². The molecule has 2 rings (SSSR count). The van der Waals surface area contributed by atoms with Gasteiger partial charge in [-0.3, -0.25) is 4.79 Å². The van der Waals surface area contributed by atoms with Crippen molar-refractivity contribution in [2.45, 2.75) is 12.5 Å². The zero-order valence-electron chi connectivity index (χ0n) is 8.98. The van der Waals surface area contributed by atoms with E-state index in [9.17, 15) is 9.90 Å². The fourth-order valence-corrected chi connectivity index (χ4v) is 1.84. The molecule has 16 heavy (non-hydrogen) atoms. The van der Waals surface area contributed by atoms with Crippen LogP contribution in [0.4, 0.5) is 0 Å². The first-order chi connectivity index (χ1) is 7.79. The number of carbonyl (C=O) groups excluding carboxylic acids is 1. The third-order valence-corrected chi connectivity index (χ3v) is 2.69. The average Bonchev–Trinajstić information content (AvgIpc) is 2.33. The molecular formula is C12H15NO3. The highest BCUT2D eigenvalue weighted by atomic mass is 16.5. The molecule has 0 aliphatic carbocycles. The number of hydrogen-bond donors (Lipinski definition) is 2. The van der Waals surface area contributed by atoms with Gasteiger partial charge in [-0.1, -0.05) is 6.07 Å². The Morgan fingerprint density at radius 3 is 3.12 bits per heavy atom. The van der Waals surface area contributed by atoms with Gasteiger partial charge in [0.2, 0.25) is 0 Å². The van der Waals surface area contributed by atoms with Gasteiger partial charge >= 0.3 is 0 Å². The lowest BCUT2D eigenvalue weighted by atomic mass is 10.0. The number of aldehydes is 1. The second kappa shape index (κ2) is 5.09. The van der Waals surface area contributed by atoms with E-state index in [1.807, 2.05) is 6.07 Å². The molecule has 4 heteroatoms. The number of carbonyl (C=O) groups is 1. The maximum atomic E-state index is 10.7. The highest BCUT2D eigenvalue weighted by molar-refractivity contribution is 5.79. The minimum Gasteiger partial charge on any atom is -0.507 e. The summed E-state index contributed by atoms with van der Waals surface area (Å²) in [6.45, 7) is 2.45. The van der Waals surface area contributed by atoms with E-state index in [1.165, 1.54) is 0 Å². The first-order valence-electron chi connectivity index (χ1n) is 5.39. The Bertz CT molecular complexity index is 373. The highest BCUT2D eigenvalue weighted by Crippen LogP contribution is 2.18. The van der Waals surface area contributed by atoms with Crippen molar-refractivity contribution in [3.8, 4) is 5.75 Å². The molecule has 1 atom stereocenters. The molecule has 1 aromatic rings. The van der Waals surface area contributed by atoms with Crippen molar-refractivity contribution in [2.24, 2.45) is 0 Å². The molecule has 1 fully saturated rings. The minimum atomic E-state index is 0.0291. The number of ether oxygens (including phenoxy) is 1. The van der Waals surface area contributed by atoms with Gasteiger partial charge in [0.1, 0.15) is 5.75 Å². The number of phenols is 1. The fraction of sp³-hybridized carbons (Fsp3) is 0.417. The molecular weight excluding hydrogens is 206 g/mol. The number of morpholine rings is 1. The Balaban J connectivity index is 2.05. The molecule has 1 aliphatic rings. The molecule has 2 N–H and O–H groups in total. The van der Waals surface area contributed by atoms with Crippen LogP contribution in [0.2, 0.25) is 0 Å². The topological polar surface area (TPSA) is 58.6 Å². The lowest BCUT2D eigenvalue weighted by Crippen LogP contribution is -2.39. The van der Waals surface area contributed by atoms with Gasteiger partial charge in [0.05, 0.1) is 18.3 Å². The van der Waals surface area contributed by atoms with Crippen LogP contribution >= 0.6 is 0 Å². The second-order valence-electron chi connectivity index (χ2n) is 3.91. The second-order valence-corrected chi connectivity index (χ2v) is 3.91. The van der Waals surface area contributed by atoms with Crippen LogP contribution in [0, 0.1) is 0 Å². The van der Waals surface area contributed by atoms with Crippen LogP contribution in [-0.4, -0.2) is 37.2 Å². The maximum Gasteiger partial charge on any atom is 0.153 e. The van der Waals surface area contributed by atoms with E-state index >= 15 is 0 Å². The zero-order valence-corrected chi connectivity index (χ0v) is 8.98. The first-order valence-corrected chi connectivity index (χ1v) is 5.39. The number of hydrogen-bond acceptors (Lipinski definition) is 4. The van der Waals surface area contributed by atoms with Gasteiger partial charge in [-0.25, -0.2) is 0 Å².